The third-order valence-electron chi connectivity index (χ3n) is 6.66. The number of hydrogen-bond donors (Lipinski definition) is 2. The van der Waals surface area contributed by atoms with Gasteiger partial charge in [-0.2, -0.15) is 0 Å². The van der Waals surface area contributed by atoms with E-state index in [1.54, 1.807) is 43.9 Å². The van der Waals surface area contributed by atoms with E-state index in [9.17, 15) is 9.59 Å². The normalized spacial score (nSPS) is 15.5. The number of piperidine rings is 1. The van der Waals surface area contributed by atoms with E-state index in [2.05, 4.69) is 15.3 Å². The number of carbonyl (C=O) groups excluding carboxylic acids is 2. The Balaban J connectivity index is 1.47. The number of ether oxygens (including phenoxy) is 1. The van der Waals surface area contributed by atoms with Gasteiger partial charge in [0.1, 0.15) is 34.5 Å². The topological polar surface area (TPSA) is 128 Å². The number of nitrogens with zero attached hydrogens (tertiary/aromatic N) is 5. The van der Waals surface area contributed by atoms with Crippen LogP contribution < -0.4 is 11.1 Å². The fourth-order valence-corrected chi connectivity index (χ4v) is 4.80. The van der Waals surface area contributed by atoms with E-state index < -0.39 is 11.7 Å². The number of hydrogen-bond acceptors (Lipinski definition) is 7. The van der Waals surface area contributed by atoms with Gasteiger partial charge in [0, 0.05) is 55.8 Å². The van der Waals surface area contributed by atoms with E-state index in [1.807, 2.05) is 9.30 Å². The standard InChI is InChI=1S/C27H28FN7O3/c1-38-14-9-22(36)34-12-4-5-18(16-34)26-33-23(24-25(29)31-11-13-35(24)26)19-8-7-17(15-20(19)28)27(37)32-21-6-2-3-10-30-21/h2-3,6-8,10-11,13,15,18H,4-5,9,12,14,16H2,1H3,(H2,29,31)(H,30,32,37). The third-order valence-corrected chi connectivity index (χ3v) is 6.66. The summed E-state index contributed by atoms with van der Waals surface area (Å²) in [5.41, 5.74) is 7.40. The summed E-state index contributed by atoms with van der Waals surface area (Å²) >= 11 is 0. The Morgan fingerprint density at radius 3 is 2.84 bits per heavy atom. The lowest BCUT2D eigenvalue weighted by Crippen LogP contribution is -2.39. The molecular formula is C27H28FN7O3. The van der Waals surface area contributed by atoms with Crippen LogP contribution in [0.5, 0.6) is 0 Å². The number of carbonyl (C=O) groups is 2. The number of anilines is 2. The minimum absolute atomic E-state index is 0.0319. The smallest absolute Gasteiger partial charge is 0.256 e. The molecule has 0 radical (unpaired) electrons. The predicted molar refractivity (Wildman–Crippen MR) is 140 cm³/mol. The molecule has 0 aliphatic carbocycles. The molecule has 3 aromatic heterocycles. The average Bonchev–Trinajstić information content (AvgIpc) is 3.33. The van der Waals surface area contributed by atoms with Crippen LogP contribution in [0, 0.1) is 5.82 Å². The van der Waals surface area contributed by atoms with Crippen molar-refractivity contribution in [3.05, 3.63) is 72.2 Å². The minimum Gasteiger partial charge on any atom is -0.384 e. The van der Waals surface area contributed by atoms with E-state index in [0.29, 0.717) is 49.0 Å². The maximum Gasteiger partial charge on any atom is 0.256 e. The molecule has 5 rings (SSSR count). The van der Waals surface area contributed by atoms with Crippen molar-refractivity contribution in [3.8, 4) is 11.3 Å². The first-order chi connectivity index (χ1) is 18.5. The summed E-state index contributed by atoms with van der Waals surface area (Å²) < 4.78 is 22.3. The summed E-state index contributed by atoms with van der Waals surface area (Å²) in [6, 6.07) is 9.34. The molecule has 1 aliphatic rings. The summed E-state index contributed by atoms with van der Waals surface area (Å²) in [5.74, 6) is 0.132. The van der Waals surface area contributed by atoms with Crippen LogP contribution in [-0.4, -0.2) is 62.9 Å². The minimum atomic E-state index is -0.617. The molecule has 1 aromatic carbocycles. The Morgan fingerprint density at radius 2 is 2.08 bits per heavy atom. The molecule has 0 saturated carbocycles. The Morgan fingerprint density at radius 1 is 1.21 bits per heavy atom. The zero-order valence-electron chi connectivity index (χ0n) is 20.9. The van der Waals surface area contributed by atoms with E-state index in [0.717, 1.165) is 12.8 Å². The second-order valence-electron chi connectivity index (χ2n) is 9.14. The van der Waals surface area contributed by atoms with Gasteiger partial charge >= 0.3 is 0 Å². The van der Waals surface area contributed by atoms with Crippen molar-refractivity contribution in [2.45, 2.75) is 25.2 Å². The molecule has 2 amide bonds. The van der Waals surface area contributed by atoms with Crippen LogP contribution >= 0.6 is 0 Å². The van der Waals surface area contributed by atoms with Gasteiger partial charge in [0.2, 0.25) is 5.91 Å². The van der Waals surface area contributed by atoms with Crippen molar-refractivity contribution in [2.24, 2.45) is 0 Å². The van der Waals surface area contributed by atoms with Gasteiger partial charge in [-0.15, -0.1) is 0 Å². The second-order valence-corrected chi connectivity index (χ2v) is 9.14. The third kappa shape index (κ3) is 5.05. The van der Waals surface area contributed by atoms with Crippen LogP contribution in [0.4, 0.5) is 16.0 Å². The molecule has 1 aliphatic heterocycles. The number of pyridine rings is 1. The number of likely N-dealkylation sites (tertiary alicyclic amines) is 1. The van der Waals surface area contributed by atoms with Gasteiger partial charge in [-0.1, -0.05) is 6.07 Å². The summed E-state index contributed by atoms with van der Waals surface area (Å²) in [4.78, 5) is 40.2. The monoisotopic (exact) mass is 517 g/mol. The number of nitrogens with one attached hydrogen (secondary N) is 1. The van der Waals surface area contributed by atoms with E-state index in [-0.39, 0.29) is 28.8 Å². The van der Waals surface area contributed by atoms with Crippen molar-refractivity contribution in [1.29, 1.82) is 0 Å². The van der Waals surface area contributed by atoms with E-state index >= 15 is 4.39 Å². The van der Waals surface area contributed by atoms with Crippen LogP contribution in [0.3, 0.4) is 0 Å². The first-order valence-electron chi connectivity index (χ1n) is 12.4. The first-order valence-corrected chi connectivity index (χ1v) is 12.4. The van der Waals surface area contributed by atoms with Crippen molar-refractivity contribution in [3.63, 3.8) is 0 Å². The van der Waals surface area contributed by atoms with Gasteiger partial charge in [0.25, 0.3) is 5.91 Å². The molecule has 1 atom stereocenters. The summed E-state index contributed by atoms with van der Waals surface area (Å²) in [7, 11) is 1.57. The number of nitrogen functional groups attached to an aromatic ring is 1. The Labute approximate surface area is 218 Å². The molecule has 196 valence electrons. The van der Waals surface area contributed by atoms with Crippen LogP contribution in [0.1, 0.15) is 41.4 Å². The number of benzene rings is 1. The number of amides is 2. The fraction of sp³-hybridized carbons (Fsp3) is 0.296. The van der Waals surface area contributed by atoms with Crippen molar-refractivity contribution in [1.82, 2.24) is 24.3 Å². The summed E-state index contributed by atoms with van der Waals surface area (Å²) in [6.45, 7) is 1.54. The van der Waals surface area contributed by atoms with Crippen LogP contribution in [0.15, 0.2) is 55.0 Å². The molecule has 0 bridgehead atoms. The van der Waals surface area contributed by atoms with Crippen molar-refractivity contribution >= 4 is 29.0 Å². The highest BCUT2D eigenvalue weighted by molar-refractivity contribution is 6.04. The summed E-state index contributed by atoms with van der Waals surface area (Å²) in [6.07, 6.45) is 6.84. The van der Waals surface area contributed by atoms with Gasteiger partial charge in [-0.25, -0.2) is 19.3 Å². The highest BCUT2D eigenvalue weighted by Gasteiger charge is 2.29. The van der Waals surface area contributed by atoms with Gasteiger partial charge in [-0.05, 0) is 43.2 Å². The predicted octanol–water partition coefficient (Wildman–Crippen LogP) is 3.51. The van der Waals surface area contributed by atoms with Crippen molar-refractivity contribution in [2.75, 3.05) is 37.9 Å². The van der Waals surface area contributed by atoms with E-state index in [4.69, 9.17) is 15.5 Å². The lowest BCUT2D eigenvalue weighted by atomic mass is 9.97. The molecule has 38 heavy (non-hydrogen) atoms. The molecule has 11 heteroatoms. The Bertz CT molecular complexity index is 1470. The average molecular weight is 518 g/mol. The highest BCUT2D eigenvalue weighted by atomic mass is 19.1. The molecule has 0 spiro atoms. The number of nitrogens with two attached hydrogens (primary N) is 1. The lowest BCUT2D eigenvalue weighted by Gasteiger charge is -2.32. The number of fused-ring (bicyclic) bond motifs is 1. The van der Waals surface area contributed by atoms with Gasteiger partial charge in [0.15, 0.2) is 0 Å². The zero-order chi connectivity index (χ0) is 26.6. The molecule has 4 heterocycles. The fourth-order valence-electron chi connectivity index (χ4n) is 4.80. The van der Waals surface area contributed by atoms with Crippen LogP contribution in [0.25, 0.3) is 16.8 Å². The zero-order valence-corrected chi connectivity index (χ0v) is 20.9. The van der Waals surface area contributed by atoms with Crippen molar-refractivity contribution < 1.29 is 18.7 Å². The Kier molecular flexibility index (Phi) is 7.27. The number of methoxy groups -OCH3 is 1. The largest absolute Gasteiger partial charge is 0.384 e. The van der Waals surface area contributed by atoms with Crippen LogP contribution in [0.2, 0.25) is 0 Å². The van der Waals surface area contributed by atoms with Gasteiger partial charge in [0.05, 0.1) is 13.0 Å². The number of aromatic nitrogens is 4. The quantitative estimate of drug-likeness (QED) is 0.384. The number of imidazole rings is 1. The van der Waals surface area contributed by atoms with Gasteiger partial charge in [-0.3, -0.25) is 14.0 Å². The second kappa shape index (κ2) is 10.9. The summed E-state index contributed by atoms with van der Waals surface area (Å²) in [5, 5.41) is 2.65. The maximum absolute atomic E-state index is 15.5. The van der Waals surface area contributed by atoms with E-state index in [1.165, 1.54) is 18.2 Å². The van der Waals surface area contributed by atoms with Crippen LogP contribution in [-0.2, 0) is 9.53 Å². The molecule has 10 nitrogen and oxygen atoms in total. The molecular weight excluding hydrogens is 489 g/mol. The number of rotatable bonds is 7. The van der Waals surface area contributed by atoms with Gasteiger partial charge < -0.3 is 20.7 Å². The Hall–Kier alpha value is -4.38. The molecule has 1 unspecified atom stereocenters. The lowest BCUT2D eigenvalue weighted by molar-refractivity contribution is -0.133. The molecule has 1 fully saturated rings. The molecule has 3 N–H and O–H groups in total. The highest BCUT2D eigenvalue weighted by Crippen LogP contribution is 2.35. The molecule has 4 aromatic rings. The molecule has 1 saturated heterocycles. The SMILES string of the molecule is COCCC(=O)N1CCCC(c2nc(-c3ccc(C(=O)Nc4ccccn4)cc3F)c3c(N)nccn23)C1. The number of halogens is 1. The first kappa shape index (κ1) is 25.3. The maximum atomic E-state index is 15.5.